The Morgan fingerprint density at radius 2 is 2.27 bits per heavy atom. The predicted octanol–water partition coefficient (Wildman–Crippen LogP) is 2.83. The molecule has 4 aromatic rings. The van der Waals surface area contributed by atoms with Crippen LogP contribution < -0.4 is 10.5 Å². The maximum absolute atomic E-state index is 11.2. The van der Waals surface area contributed by atoms with Gasteiger partial charge in [-0.25, -0.2) is 9.78 Å². The molecule has 0 saturated carbocycles. The van der Waals surface area contributed by atoms with Gasteiger partial charge in [-0.2, -0.15) is 0 Å². The number of rotatable bonds is 3. The molecular weight excluding hydrogens is 282 g/mol. The Bertz CT molecular complexity index is 1030. The average Bonchev–Trinajstić information content (AvgIpc) is 3.09. The van der Waals surface area contributed by atoms with Crippen LogP contribution in [-0.4, -0.2) is 21.0 Å². The van der Waals surface area contributed by atoms with Crippen molar-refractivity contribution in [3.05, 3.63) is 53.3 Å². The molecule has 1 N–H and O–H groups in total. The molecule has 4 rings (SSSR count). The third-order valence-electron chi connectivity index (χ3n) is 3.46. The van der Waals surface area contributed by atoms with Gasteiger partial charge < -0.3 is 13.6 Å². The van der Waals surface area contributed by atoms with E-state index < -0.39 is 5.76 Å². The van der Waals surface area contributed by atoms with Crippen LogP contribution in [0.15, 0.2) is 51.9 Å². The van der Waals surface area contributed by atoms with Gasteiger partial charge in [0.1, 0.15) is 0 Å². The van der Waals surface area contributed by atoms with Crippen LogP contribution in [0.5, 0.6) is 5.75 Å². The van der Waals surface area contributed by atoms with Crippen molar-refractivity contribution in [1.29, 1.82) is 0 Å². The Balaban J connectivity index is 1.88. The van der Waals surface area contributed by atoms with Gasteiger partial charge in [-0.3, -0.25) is 4.98 Å². The number of hydrogen-bond acceptors (Lipinski definition) is 4. The molecule has 6 heteroatoms. The summed E-state index contributed by atoms with van der Waals surface area (Å²) in [5, 5.41) is 0. The topological polar surface area (TPSA) is 72.5 Å². The summed E-state index contributed by atoms with van der Waals surface area (Å²) in [4.78, 5) is 18.5. The van der Waals surface area contributed by atoms with Gasteiger partial charge >= 0.3 is 5.76 Å². The molecule has 1 aromatic carbocycles. The first-order valence-corrected chi connectivity index (χ1v) is 6.98. The summed E-state index contributed by atoms with van der Waals surface area (Å²) in [5.41, 5.74) is 3.62. The van der Waals surface area contributed by atoms with Gasteiger partial charge in [0.05, 0.1) is 17.8 Å². The lowest BCUT2D eigenvalue weighted by atomic mass is 10.1. The lowest BCUT2D eigenvalue weighted by Gasteiger charge is -2.03. The summed E-state index contributed by atoms with van der Waals surface area (Å²) < 4.78 is 12.6. The zero-order chi connectivity index (χ0) is 15.1. The van der Waals surface area contributed by atoms with E-state index in [0.29, 0.717) is 17.7 Å². The minimum Gasteiger partial charge on any atom is -0.490 e. The molecule has 0 atom stereocenters. The van der Waals surface area contributed by atoms with E-state index in [2.05, 4.69) is 9.97 Å². The molecule has 0 aliphatic heterocycles. The standard InChI is InChI=1S/C16H13N3O3/c1-2-21-13-4-3-7-19-9-12(17-15(13)19)10-5-6-11-14(8-10)22-16(20)18-11/h3-9H,2H2,1H3,(H,18,20). The Morgan fingerprint density at radius 3 is 3.14 bits per heavy atom. The molecule has 0 amide bonds. The highest BCUT2D eigenvalue weighted by Crippen LogP contribution is 2.26. The third kappa shape index (κ3) is 1.96. The fourth-order valence-electron chi connectivity index (χ4n) is 2.50. The molecule has 0 saturated heterocycles. The molecule has 22 heavy (non-hydrogen) atoms. The number of hydrogen-bond donors (Lipinski definition) is 1. The van der Waals surface area contributed by atoms with Crippen molar-refractivity contribution in [3.8, 4) is 17.0 Å². The Kier molecular flexibility index (Phi) is 2.75. The van der Waals surface area contributed by atoms with Crippen LogP contribution in [0.3, 0.4) is 0 Å². The number of ether oxygens (including phenoxy) is 1. The van der Waals surface area contributed by atoms with E-state index >= 15 is 0 Å². The molecule has 0 spiro atoms. The van der Waals surface area contributed by atoms with Crippen molar-refractivity contribution in [2.75, 3.05) is 6.61 Å². The Hall–Kier alpha value is -3.02. The van der Waals surface area contributed by atoms with Crippen LogP contribution >= 0.6 is 0 Å². The van der Waals surface area contributed by atoms with Crippen LogP contribution in [-0.2, 0) is 0 Å². The second-order valence-electron chi connectivity index (χ2n) is 4.89. The number of aromatic amines is 1. The molecule has 0 radical (unpaired) electrons. The van der Waals surface area contributed by atoms with Crippen LogP contribution in [0, 0.1) is 0 Å². The first-order valence-electron chi connectivity index (χ1n) is 6.98. The average molecular weight is 295 g/mol. The fourth-order valence-corrected chi connectivity index (χ4v) is 2.50. The van der Waals surface area contributed by atoms with Gasteiger partial charge in [-0.05, 0) is 31.2 Å². The number of benzene rings is 1. The monoisotopic (exact) mass is 295 g/mol. The Morgan fingerprint density at radius 1 is 1.36 bits per heavy atom. The zero-order valence-electron chi connectivity index (χ0n) is 11.9. The molecule has 0 aliphatic carbocycles. The SMILES string of the molecule is CCOc1cccn2cc(-c3ccc4[nH]c(=O)oc4c3)nc12. The summed E-state index contributed by atoms with van der Waals surface area (Å²) in [6, 6.07) is 9.32. The Labute approximate surface area is 125 Å². The van der Waals surface area contributed by atoms with Crippen molar-refractivity contribution >= 4 is 16.7 Å². The number of aromatic nitrogens is 3. The first-order chi connectivity index (χ1) is 10.7. The summed E-state index contributed by atoms with van der Waals surface area (Å²) in [6.07, 6.45) is 3.84. The van der Waals surface area contributed by atoms with Gasteiger partial charge in [0.2, 0.25) is 0 Å². The lowest BCUT2D eigenvalue weighted by molar-refractivity contribution is 0.342. The normalized spacial score (nSPS) is 11.3. The predicted molar refractivity (Wildman–Crippen MR) is 82.2 cm³/mol. The van der Waals surface area contributed by atoms with E-state index in [1.165, 1.54) is 0 Å². The molecule has 0 unspecified atom stereocenters. The van der Waals surface area contributed by atoms with Gasteiger partial charge in [0.25, 0.3) is 0 Å². The van der Waals surface area contributed by atoms with E-state index in [9.17, 15) is 4.79 Å². The minimum atomic E-state index is -0.458. The van der Waals surface area contributed by atoms with Gasteiger partial charge in [0, 0.05) is 18.0 Å². The number of H-pyrrole nitrogens is 1. The maximum Gasteiger partial charge on any atom is 0.417 e. The van der Waals surface area contributed by atoms with E-state index in [4.69, 9.17) is 9.15 Å². The van der Waals surface area contributed by atoms with Gasteiger partial charge in [0.15, 0.2) is 17.0 Å². The fraction of sp³-hybridized carbons (Fsp3) is 0.125. The highest BCUT2D eigenvalue weighted by Gasteiger charge is 2.10. The van der Waals surface area contributed by atoms with Crippen molar-refractivity contribution in [1.82, 2.24) is 14.4 Å². The summed E-state index contributed by atoms with van der Waals surface area (Å²) in [7, 11) is 0. The van der Waals surface area contributed by atoms with Gasteiger partial charge in [-0.1, -0.05) is 6.07 Å². The van der Waals surface area contributed by atoms with Crippen LogP contribution in [0.1, 0.15) is 6.92 Å². The lowest BCUT2D eigenvalue weighted by Crippen LogP contribution is -1.94. The molecule has 110 valence electrons. The van der Waals surface area contributed by atoms with E-state index in [0.717, 1.165) is 22.7 Å². The molecule has 0 fully saturated rings. The number of fused-ring (bicyclic) bond motifs is 2. The molecule has 3 aromatic heterocycles. The number of pyridine rings is 1. The van der Waals surface area contributed by atoms with E-state index in [1.807, 2.05) is 48.0 Å². The third-order valence-corrected chi connectivity index (χ3v) is 3.46. The van der Waals surface area contributed by atoms with Crippen molar-refractivity contribution in [3.63, 3.8) is 0 Å². The summed E-state index contributed by atoms with van der Waals surface area (Å²) in [5.74, 6) is 0.284. The number of oxazole rings is 1. The molecule has 3 heterocycles. The summed E-state index contributed by atoms with van der Waals surface area (Å²) in [6.45, 7) is 2.53. The smallest absolute Gasteiger partial charge is 0.417 e. The maximum atomic E-state index is 11.2. The highest BCUT2D eigenvalue weighted by atomic mass is 16.5. The van der Waals surface area contributed by atoms with Crippen LogP contribution in [0.4, 0.5) is 0 Å². The quantitative estimate of drug-likeness (QED) is 0.631. The molecule has 0 aliphatic rings. The molecule has 0 bridgehead atoms. The largest absolute Gasteiger partial charge is 0.490 e. The minimum absolute atomic E-state index is 0.458. The van der Waals surface area contributed by atoms with Crippen LogP contribution in [0.25, 0.3) is 28.0 Å². The van der Waals surface area contributed by atoms with Crippen molar-refractivity contribution in [2.45, 2.75) is 6.92 Å². The van der Waals surface area contributed by atoms with Crippen molar-refractivity contribution < 1.29 is 9.15 Å². The van der Waals surface area contributed by atoms with E-state index in [1.54, 1.807) is 6.07 Å². The molecule has 6 nitrogen and oxygen atoms in total. The van der Waals surface area contributed by atoms with E-state index in [-0.39, 0.29) is 0 Å². The number of imidazole rings is 1. The first kappa shape index (κ1) is 12.7. The second kappa shape index (κ2) is 4.77. The second-order valence-corrected chi connectivity index (χ2v) is 4.89. The molecular formula is C16H13N3O3. The van der Waals surface area contributed by atoms with Crippen LogP contribution in [0.2, 0.25) is 0 Å². The number of nitrogens with one attached hydrogen (secondary N) is 1. The van der Waals surface area contributed by atoms with Crippen molar-refractivity contribution in [2.24, 2.45) is 0 Å². The number of nitrogens with zero attached hydrogens (tertiary/aromatic N) is 2. The van der Waals surface area contributed by atoms with Gasteiger partial charge in [-0.15, -0.1) is 0 Å². The zero-order valence-corrected chi connectivity index (χ0v) is 11.9. The summed E-state index contributed by atoms with van der Waals surface area (Å²) >= 11 is 0. The highest BCUT2D eigenvalue weighted by molar-refractivity contribution is 5.79.